The summed E-state index contributed by atoms with van der Waals surface area (Å²) in [6.07, 6.45) is 0. The van der Waals surface area contributed by atoms with Crippen molar-refractivity contribution in [2.75, 3.05) is 6.54 Å². The molecule has 1 aromatic carbocycles. The van der Waals surface area contributed by atoms with Crippen molar-refractivity contribution in [3.8, 4) is 0 Å². The van der Waals surface area contributed by atoms with Gasteiger partial charge in [-0.25, -0.2) is 4.39 Å². The van der Waals surface area contributed by atoms with Gasteiger partial charge in [0.2, 0.25) is 0 Å². The van der Waals surface area contributed by atoms with E-state index in [9.17, 15) is 4.39 Å². The molecule has 0 aliphatic heterocycles. The first-order valence-corrected chi connectivity index (χ1v) is 4.82. The van der Waals surface area contributed by atoms with E-state index in [2.05, 4.69) is 5.32 Å². The molecule has 0 heterocycles. The van der Waals surface area contributed by atoms with E-state index in [1.807, 2.05) is 19.9 Å². The molecule has 0 bridgehead atoms. The molecule has 1 aromatic rings. The number of hydrogen-bond acceptors (Lipinski definition) is 2. The van der Waals surface area contributed by atoms with Gasteiger partial charge in [0.05, 0.1) is 0 Å². The Balaban J connectivity index is 2.59. The van der Waals surface area contributed by atoms with Gasteiger partial charge in [-0.2, -0.15) is 0 Å². The molecule has 0 amide bonds. The molecular formula is C11H17FN2. The number of nitrogens with one attached hydrogen (secondary N) is 1. The Kier molecular flexibility index (Phi) is 4.04. The Bertz CT molecular complexity index is 299. The zero-order valence-electron chi connectivity index (χ0n) is 8.68. The second-order valence-electron chi connectivity index (χ2n) is 3.61. The molecule has 0 saturated heterocycles. The minimum Gasteiger partial charge on any atom is -0.329 e. The van der Waals surface area contributed by atoms with Crippen LogP contribution >= 0.6 is 0 Å². The van der Waals surface area contributed by atoms with E-state index in [4.69, 9.17) is 5.73 Å². The number of hydrogen-bond donors (Lipinski definition) is 2. The Morgan fingerprint density at radius 2 is 2.21 bits per heavy atom. The van der Waals surface area contributed by atoms with E-state index in [1.165, 1.54) is 0 Å². The molecule has 0 saturated carbocycles. The molecular weight excluding hydrogens is 179 g/mol. The summed E-state index contributed by atoms with van der Waals surface area (Å²) in [7, 11) is 0. The van der Waals surface area contributed by atoms with Crippen molar-refractivity contribution in [1.82, 2.24) is 5.32 Å². The molecule has 14 heavy (non-hydrogen) atoms. The third kappa shape index (κ3) is 3.09. The van der Waals surface area contributed by atoms with E-state index in [0.717, 1.165) is 5.56 Å². The van der Waals surface area contributed by atoms with E-state index in [-0.39, 0.29) is 11.9 Å². The number of rotatable bonds is 4. The predicted octanol–water partition coefficient (Wildman–Crippen LogP) is 1.57. The first-order chi connectivity index (χ1) is 6.63. The molecule has 1 rings (SSSR count). The van der Waals surface area contributed by atoms with Crippen molar-refractivity contribution in [3.63, 3.8) is 0 Å². The van der Waals surface area contributed by atoms with Crippen LogP contribution < -0.4 is 11.1 Å². The number of aryl methyl sites for hydroxylation is 1. The van der Waals surface area contributed by atoms with Crippen LogP contribution in [0.1, 0.15) is 18.1 Å². The van der Waals surface area contributed by atoms with Gasteiger partial charge in [-0.15, -0.1) is 0 Å². The van der Waals surface area contributed by atoms with Gasteiger partial charge < -0.3 is 11.1 Å². The molecule has 0 aliphatic carbocycles. The molecule has 0 aliphatic rings. The smallest absolute Gasteiger partial charge is 0.127 e. The number of halogens is 1. The fourth-order valence-corrected chi connectivity index (χ4v) is 1.16. The molecule has 78 valence electrons. The van der Waals surface area contributed by atoms with Crippen LogP contribution in [0, 0.1) is 12.7 Å². The van der Waals surface area contributed by atoms with E-state index < -0.39 is 0 Å². The first kappa shape index (κ1) is 11.1. The van der Waals surface area contributed by atoms with Gasteiger partial charge in [0.15, 0.2) is 0 Å². The lowest BCUT2D eigenvalue weighted by molar-refractivity contribution is 0.533. The van der Waals surface area contributed by atoms with Crippen LogP contribution in [0.3, 0.4) is 0 Å². The average Bonchev–Trinajstić information content (AvgIpc) is 2.16. The van der Waals surface area contributed by atoms with E-state index in [0.29, 0.717) is 18.7 Å². The van der Waals surface area contributed by atoms with Gasteiger partial charge in [-0.1, -0.05) is 12.1 Å². The zero-order chi connectivity index (χ0) is 10.6. The highest BCUT2D eigenvalue weighted by atomic mass is 19.1. The maximum absolute atomic E-state index is 13.3. The normalized spacial score (nSPS) is 12.9. The molecule has 3 heteroatoms. The fourth-order valence-electron chi connectivity index (χ4n) is 1.16. The quantitative estimate of drug-likeness (QED) is 0.767. The van der Waals surface area contributed by atoms with Crippen LogP contribution in [-0.2, 0) is 6.54 Å². The lowest BCUT2D eigenvalue weighted by atomic mass is 10.1. The van der Waals surface area contributed by atoms with Crippen molar-refractivity contribution >= 4 is 0 Å². The lowest BCUT2D eigenvalue weighted by Gasteiger charge is -2.11. The van der Waals surface area contributed by atoms with Gasteiger partial charge in [-0.05, 0) is 25.5 Å². The summed E-state index contributed by atoms with van der Waals surface area (Å²) in [4.78, 5) is 0. The van der Waals surface area contributed by atoms with Gasteiger partial charge in [0.1, 0.15) is 5.82 Å². The maximum atomic E-state index is 13.3. The fraction of sp³-hybridized carbons (Fsp3) is 0.455. The van der Waals surface area contributed by atoms with Gasteiger partial charge in [0.25, 0.3) is 0 Å². The minimum absolute atomic E-state index is 0.151. The largest absolute Gasteiger partial charge is 0.329 e. The standard InChI is InChI=1S/C11H17FN2/c1-8-3-4-10(11(12)5-8)7-14-9(2)6-13/h3-5,9,14H,6-7,13H2,1-2H3/t9-/m0/s1. The first-order valence-electron chi connectivity index (χ1n) is 4.82. The summed E-state index contributed by atoms with van der Waals surface area (Å²) in [5, 5.41) is 3.14. The third-order valence-electron chi connectivity index (χ3n) is 2.20. The van der Waals surface area contributed by atoms with Crippen molar-refractivity contribution in [2.45, 2.75) is 26.4 Å². The molecule has 2 nitrogen and oxygen atoms in total. The summed E-state index contributed by atoms with van der Waals surface area (Å²) in [6, 6.07) is 5.48. The van der Waals surface area contributed by atoms with Crippen LogP contribution in [0.15, 0.2) is 18.2 Å². The van der Waals surface area contributed by atoms with Crippen molar-refractivity contribution < 1.29 is 4.39 Å². The highest BCUT2D eigenvalue weighted by Crippen LogP contribution is 2.09. The van der Waals surface area contributed by atoms with Crippen molar-refractivity contribution in [3.05, 3.63) is 35.1 Å². The van der Waals surface area contributed by atoms with E-state index >= 15 is 0 Å². The summed E-state index contributed by atoms with van der Waals surface area (Å²) in [6.45, 7) is 4.95. The maximum Gasteiger partial charge on any atom is 0.127 e. The Hall–Kier alpha value is -0.930. The van der Waals surface area contributed by atoms with Crippen molar-refractivity contribution in [2.24, 2.45) is 5.73 Å². The summed E-state index contributed by atoms with van der Waals surface area (Å²) in [5.41, 5.74) is 7.08. The van der Waals surface area contributed by atoms with Crippen LogP contribution in [0.5, 0.6) is 0 Å². The minimum atomic E-state index is -0.151. The van der Waals surface area contributed by atoms with E-state index in [1.54, 1.807) is 12.1 Å². The summed E-state index contributed by atoms with van der Waals surface area (Å²) < 4.78 is 13.3. The molecule has 3 N–H and O–H groups in total. The van der Waals surface area contributed by atoms with Crippen LogP contribution in [0.25, 0.3) is 0 Å². The molecule has 0 aromatic heterocycles. The highest BCUT2D eigenvalue weighted by molar-refractivity contribution is 5.23. The molecule has 0 spiro atoms. The molecule has 0 unspecified atom stereocenters. The van der Waals surface area contributed by atoms with Crippen LogP contribution in [-0.4, -0.2) is 12.6 Å². The summed E-state index contributed by atoms with van der Waals surface area (Å²) in [5.74, 6) is -0.151. The van der Waals surface area contributed by atoms with Crippen LogP contribution in [0.4, 0.5) is 4.39 Å². The Labute approximate surface area is 84.3 Å². The Morgan fingerprint density at radius 1 is 1.50 bits per heavy atom. The monoisotopic (exact) mass is 196 g/mol. The van der Waals surface area contributed by atoms with Gasteiger partial charge in [-0.3, -0.25) is 0 Å². The second-order valence-corrected chi connectivity index (χ2v) is 3.61. The topological polar surface area (TPSA) is 38.0 Å². The second kappa shape index (κ2) is 5.08. The highest BCUT2D eigenvalue weighted by Gasteiger charge is 2.03. The van der Waals surface area contributed by atoms with Gasteiger partial charge in [0, 0.05) is 24.7 Å². The zero-order valence-corrected chi connectivity index (χ0v) is 8.68. The van der Waals surface area contributed by atoms with Gasteiger partial charge >= 0.3 is 0 Å². The predicted molar refractivity (Wildman–Crippen MR) is 56.5 cm³/mol. The SMILES string of the molecule is Cc1ccc(CN[C@@H](C)CN)c(F)c1. The van der Waals surface area contributed by atoms with Crippen molar-refractivity contribution in [1.29, 1.82) is 0 Å². The number of benzene rings is 1. The molecule has 1 atom stereocenters. The average molecular weight is 196 g/mol. The molecule has 0 radical (unpaired) electrons. The third-order valence-corrected chi connectivity index (χ3v) is 2.20. The summed E-state index contributed by atoms with van der Waals surface area (Å²) >= 11 is 0. The number of nitrogens with two attached hydrogens (primary N) is 1. The van der Waals surface area contributed by atoms with Crippen LogP contribution in [0.2, 0.25) is 0 Å². The molecule has 0 fully saturated rings. The Morgan fingerprint density at radius 3 is 2.79 bits per heavy atom. The lowest BCUT2D eigenvalue weighted by Crippen LogP contribution is -2.32.